The summed E-state index contributed by atoms with van der Waals surface area (Å²) in [7, 11) is 1.25. The number of carbonyl (C=O) groups is 2. The van der Waals surface area contributed by atoms with E-state index in [1.807, 2.05) is 12.1 Å². The molecule has 1 aliphatic rings. The normalized spacial score (nSPS) is 17.9. The van der Waals surface area contributed by atoms with Gasteiger partial charge in [-0.1, -0.05) is 35.9 Å². The van der Waals surface area contributed by atoms with Gasteiger partial charge in [0.05, 0.1) is 24.2 Å². The van der Waals surface area contributed by atoms with Crippen molar-refractivity contribution in [1.29, 1.82) is 0 Å². The first kappa shape index (κ1) is 24.1. The molecule has 0 spiro atoms. The smallest absolute Gasteiger partial charge is 0.336 e. The zero-order chi connectivity index (χ0) is 24.1. The Bertz CT molecular complexity index is 1140. The number of nitrogens with zero attached hydrogens (tertiary/aromatic N) is 2. The molecule has 0 bridgehead atoms. The molecule has 2 atom stereocenters. The van der Waals surface area contributed by atoms with Crippen molar-refractivity contribution in [3.05, 3.63) is 86.1 Å². The fourth-order valence-corrected chi connectivity index (χ4v) is 4.04. The third-order valence-corrected chi connectivity index (χ3v) is 5.73. The second kappa shape index (κ2) is 10.4. The van der Waals surface area contributed by atoms with E-state index in [9.17, 15) is 19.7 Å². The summed E-state index contributed by atoms with van der Waals surface area (Å²) < 4.78 is 10.5. The molecular formula is C24H23ClN2O6. The molecule has 33 heavy (non-hydrogen) atoms. The maximum absolute atomic E-state index is 13.2. The molecule has 1 heterocycles. The first-order valence-electron chi connectivity index (χ1n) is 10.2. The van der Waals surface area contributed by atoms with Crippen LogP contribution in [0.5, 0.6) is 0 Å². The highest BCUT2D eigenvalue weighted by atomic mass is 35.5. The van der Waals surface area contributed by atoms with E-state index in [2.05, 4.69) is 4.99 Å². The van der Waals surface area contributed by atoms with Gasteiger partial charge >= 0.3 is 11.9 Å². The van der Waals surface area contributed by atoms with E-state index in [1.54, 1.807) is 32.0 Å². The Kier molecular flexibility index (Phi) is 7.60. The third kappa shape index (κ3) is 5.46. The molecule has 9 heteroatoms. The number of hydrogen-bond acceptors (Lipinski definition) is 7. The number of esters is 2. The number of rotatable bonds is 7. The topological polar surface area (TPSA) is 108 Å². The second-order valence-electron chi connectivity index (χ2n) is 7.60. The maximum atomic E-state index is 13.2. The number of halogens is 1. The van der Waals surface area contributed by atoms with Crippen LogP contribution in [0.1, 0.15) is 30.9 Å². The zero-order valence-corrected chi connectivity index (χ0v) is 19.2. The minimum absolute atomic E-state index is 0.102. The molecule has 0 radical (unpaired) electrons. The van der Waals surface area contributed by atoms with Crippen molar-refractivity contribution in [3.63, 3.8) is 0 Å². The van der Waals surface area contributed by atoms with Crippen molar-refractivity contribution in [1.82, 2.24) is 0 Å². The summed E-state index contributed by atoms with van der Waals surface area (Å²) in [4.78, 5) is 41.0. The number of hydrogen-bond donors (Lipinski definition) is 0. The van der Waals surface area contributed by atoms with Gasteiger partial charge in [-0.15, -0.1) is 0 Å². The molecule has 2 aromatic carbocycles. The van der Waals surface area contributed by atoms with Crippen LogP contribution in [0.2, 0.25) is 5.02 Å². The Morgan fingerprint density at radius 2 is 1.85 bits per heavy atom. The van der Waals surface area contributed by atoms with Gasteiger partial charge in [-0.25, -0.2) is 4.79 Å². The van der Waals surface area contributed by atoms with Crippen LogP contribution in [-0.2, 0) is 25.5 Å². The van der Waals surface area contributed by atoms with Gasteiger partial charge in [0.25, 0.3) is 5.69 Å². The molecule has 0 fully saturated rings. The number of methoxy groups -OCH3 is 1. The van der Waals surface area contributed by atoms with Gasteiger partial charge in [-0.05, 0) is 37.1 Å². The van der Waals surface area contributed by atoms with Crippen LogP contribution in [0.3, 0.4) is 0 Å². The highest BCUT2D eigenvalue weighted by Crippen LogP contribution is 2.40. The number of ether oxygens (including phenoxy) is 2. The lowest BCUT2D eigenvalue weighted by Crippen LogP contribution is -2.36. The lowest BCUT2D eigenvalue weighted by molar-refractivity contribution is -0.384. The number of nitro groups is 1. The van der Waals surface area contributed by atoms with Gasteiger partial charge in [-0.2, -0.15) is 0 Å². The molecule has 0 aromatic heterocycles. The summed E-state index contributed by atoms with van der Waals surface area (Å²) in [5.41, 5.74) is 2.24. The van der Waals surface area contributed by atoms with E-state index in [4.69, 9.17) is 21.1 Å². The van der Waals surface area contributed by atoms with Gasteiger partial charge < -0.3 is 9.47 Å². The molecule has 0 aliphatic carbocycles. The van der Waals surface area contributed by atoms with Gasteiger partial charge in [0.1, 0.15) is 5.92 Å². The van der Waals surface area contributed by atoms with E-state index in [0.717, 1.165) is 5.56 Å². The molecule has 3 rings (SSSR count). The maximum Gasteiger partial charge on any atom is 0.336 e. The molecule has 8 nitrogen and oxygen atoms in total. The number of benzene rings is 2. The van der Waals surface area contributed by atoms with Crippen LogP contribution in [0.25, 0.3) is 0 Å². The Balaban J connectivity index is 1.94. The average Bonchev–Trinajstić information content (AvgIpc) is 2.79. The minimum atomic E-state index is -0.917. The Morgan fingerprint density at radius 1 is 1.15 bits per heavy atom. The molecule has 1 aliphatic heterocycles. The SMILES string of the molecule is COC(=O)C1C(C)=NC(C)=C(C(=O)OCCc2ccc(Cl)cc2)C1c1cccc([N+](=O)[O-])c1. The van der Waals surface area contributed by atoms with E-state index in [0.29, 0.717) is 28.4 Å². The van der Waals surface area contributed by atoms with Crippen molar-refractivity contribution in [3.8, 4) is 0 Å². The molecule has 0 saturated heterocycles. The Morgan fingerprint density at radius 3 is 2.48 bits per heavy atom. The Hall–Kier alpha value is -3.52. The van der Waals surface area contributed by atoms with Crippen LogP contribution in [0.15, 0.2) is 64.8 Å². The van der Waals surface area contributed by atoms with Crippen molar-refractivity contribution < 1.29 is 24.0 Å². The molecule has 2 aromatic rings. The highest BCUT2D eigenvalue weighted by molar-refractivity contribution is 6.30. The van der Waals surface area contributed by atoms with Crippen molar-refractivity contribution in [2.24, 2.45) is 10.9 Å². The number of nitro benzene ring substituents is 1. The van der Waals surface area contributed by atoms with Gasteiger partial charge in [0.15, 0.2) is 0 Å². The molecule has 0 saturated carbocycles. The first-order valence-corrected chi connectivity index (χ1v) is 10.6. The van der Waals surface area contributed by atoms with Crippen LogP contribution >= 0.6 is 11.6 Å². The lowest BCUT2D eigenvalue weighted by atomic mass is 9.75. The minimum Gasteiger partial charge on any atom is -0.468 e. The predicted octanol–water partition coefficient (Wildman–Crippen LogP) is 4.66. The van der Waals surface area contributed by atoms with E-state index in [1.165, 1.54) is 25.3 Å². The van der Waals surface area contributed by atoms with Crippen molar-refractivity contribution in [2.45, 2.75) is 26.2 Å². The largest absolute Gasteiger partial charge is 0.468 e. The fraction of sp³-hybridized carbons (Fsp3) is 0.292. The van der Waals surface area contributed by atoms with Crippen molar-refractivity contribution in [2.75, 3.05) is 13.7 Å². The van der Waals surface area contributed by atoms with Crippen LogP contribution < -0.4 is 0 Å². The quantitative estimate of drug-likeness (QED) is 0.331. The van der Waals surface area contributed by atoms with E-state index in [-0.39, 0.29) is 17.9 Å². The predicted molar refractivity (Wildman–Crippen MR) is 123 cm³/mol. The average molecular weight is 471 g/mol. The standard InChI is InChI=1S/C24H23ClN2O6/c1-14-20(23(28)32-3)22(17-5-4-6-19(13-17)27(30)31)21(15(2)26-14)24(29)33-12-11-16-7-9-18(25)10-8-16/h4-10,13,20,22H,11-12H2,1-3H3. The summed E-state index contributed by atoms with van der Waals surface area (Å²) in [6.45, 7) is 3.42. The van der Waals surface area contributed by atoms with Crippen LogP contribution in [0.4, 0.5) is 5.69 Å². The molecule has 0 amide bonds. The molecule has 172 valence electrons. The lowest BCUT2D eigenvalue weighted by Gasteiger charge is -2.31. The summed E-state index contributed by atoms with van der Waals surface area (Å²) in [5, 5.41) is 11.9. The molecule has 0 N–H and O–H groups in total. The number of allylic oxidation sites excluding steroid dienone is 1. The fourth-order valence-electron chi connectivity index (χ4n) is 3.92. The van der Waals surface area contributed by atoms with Crippen LogP contribution in [0, 0.1) is 16.0 Å². The molecular weight excluding hydrogens is 448 g/mol. The molecule has 2 unspecified atom stereocenters. The number of aliphatic imine (C=N–C) groups is 1. The van der Waals surface area contributed by atoms with E-state index >= 15 is 0 Å². The van der Waals surface area contributed by atoms with Crippen molar-refractivity contribution >= 4 is 34.9 Å². The monoisotopic (exact) mass is 470 g/mol. The van der Waals surface area contributed by atoms with Gasteiger partial charge in [-0.3, -0.25) is 19.9 Å². The van der Waals surface area contributed by atoms with Gasteiger partial charge in [0.2, 0.25) is 0 Å². The summed E-state index contributed by atoms with van der Waals surface area (Å²) in [6, 6.07) is 13.0. The third-order valence-electron chi connectivity index (χ3n) is 5.48. The zero-order valence-electron chi connectivity index (χ0n) is 18.4. The Labute approximate surface area is 196 Å². The summed E-state index contributed by atoms with van der Waals surface area (Å²) in [5.74, 6) is -2.98. The summed E-state index contributed by atoms with van der Waals surface area (Å²) >= 11 is 5.90. The van der Waals surface area contributed by atoms with Gasteiger partial charge in [0, 0.05) is 40.9 Å². The second-order valence-corrected chi connectivity index (χ2v) is 8.03. The number of non-ortho nitro benzene ring substituents is 1. The first-order chi connectivity index (χ1) is 15.7. The van der Waals surface area contributed by atoms with E-state index < -0.39 is 28.7 Å². The highest BCUT2D eigenvalue weighted by Gasteiger charge is 2.42. The number of carbonyl (C=O) groups excluding carboxylic acids is 2. The summed E-state index contributed by atoms with van der Waals surface area (Å²) in [6.07, 6.45) is 0.472. The van der Waals surface area contributed by atoms with Crippen LogP contribution in [-0.4, -0.2) is 36.3 Å².